The lowest BCUT2D eigenvalue weighted by molar-refractivity contribution is -0.521. The molecule has 1 fully saturated rings. The van der Waals surface area contributed by atoms with Crippen LogP contribution in [0.3, 0.4) is 0 Å². The maximum Gasteiger partial charge on any atom is 0.157 e. The van der Waals surface area contributed by atoms with Gasteiger partial charge in [0, 0.05) is 19.3 Å². The van der Waals surface area contributed by atoms with E-state index in [9.17, 15) is 4.39 Å². The van der Waals surface area contributed by atoms with Crippen LogP contribution in [0.25, 0.3) is 0 Å². The maximum atomic E-state index is 12.7. The first kappa shape index (κ1) is 10.8. The van der Waals surface area contributed by atoms with Gasteiger partial charge >= 0.3 is 0 Å². The lowest BCUT2D eigenvalue weighted by Gasteiger charge is -2.05. The summed E-state index contributed by atoms with van der Waals surface area (Å²) >= 11 is 0. The molecule has 0 amide bonds. The van der Waals surface area contributed by atoms with E-state index in [-0.39, 0.29) is 5.82 Å². The van der Waals surface area contributed by atoms with Crippen LogP contribution in [0.4, 0.5) is 4.39 Å². The molecule has 1 aromatic carbocycles. The Morgan fingerprint density at radius 2 is 2.12 bits per heavy atom. The van der Waals surface area contributed by atoms with Crippen molar-refractivity contribution in [2.45, 2.75) is 19.3 Å². The number of ether oxygens (including phenoxy) is 1. The smallest absolute Gasteiger partial charge is 0.157 e. The van der Waals surface area contributed by atoms with E-state index in [1.54, 1.807) is 17.8 Å². The number of benzene rings is 1. The summed E-state index contributed by atoms with van der Waals surface area (Å²) in [6, 6.07) is 6.22. The Morgan fingerprint density at radius 1 is 1.29 bits per heavy atom. The van der Waals surface area contributed by atoms with Crippen molar-refractivity contribution in [3.63, 3.8) is 0 Å². The van der Waals surface area contributed by atoms with Gasteiger partial charge in [-0.25, -0.2) is 8.97 Å². The molecule has 3 heteroatoms. The fourth-order valence-corrected chi connectivity index (χ4v) is 2.54. The van der Waals surface area contributed by atoms with Crippen LogP contribution in [0.1, 0.15) is 19.3 Å². The summed E-state index contributed by atoms with van der Waals surface area (Å²) < 4.78 is 20.7. The third kappa shape index (κ3) is 2.48. The highest BCUT2D eigenvalue weighted by atomic mass is 19.1. The van der Waals surface area contributed by atoms with Crippen LogP contribution in [0, 0.1) is 11.7 Å². The molecule has 1 aliphatic heterocycles. The highest BCUT2D eigenvalue weighted by Crippen LogP contribution is 2.34. The summed E-state index contributed by atoms with van der Waals surface area (Å²) in [6.45, 7) is 3.05. The van der Waals surface area contributed by atoms with Gasteiger partial charge in [-0.1, -0.05) is 0 Å². The van der Waals surface area contributed by atoms with E-state index in [1.165, 1.54) is 31.5 Å². The monoisotopic (exact) mass is 234 g/mol. The number of halogens is 1. The van der Waals surface area contributed by atoms with E-state index in [1.807, 2.05) is 0 Å². The third-order valence-electron chi connectivity index (χ3n) is 3.58. The first-order valence-electron chi connectivity index (χ1n) is 6.32. The van der Waals surface area contributed by atoms with Gasteiger partial charge in [-0.2, -0.15) is 0 Å². The fraction of sp³-hybridized carbons (Fsp3) is 0.500. The summed E-state index contributed by atoms with van der Waals surface area (Å²) in [5.74, 6) is 1.46. The largest absolute Gasteiger partial charge is 0.493 e. The molecular formula is C14H17FNO+. The minimum Gasteiger partial charge on any atom is -0.493 e. The van der Waals surface area contributed by atoms with E-state index in [4.69, 9.17) is 4.74 Å². The predicted octanol–water partition coefficient (Wildman–Crippen LogP) is 2.47. The van der Waals surface area contributed by atoms with Crippen molar-refractivity contribution in [1.82, 2.24) is 0 Å². The van der Waals surface area contributed by atoms with Crippen molar-refractivity contribution in [1.29, 1.82) is 0 Å². The van der Waals surface area contributed by atoms with Crippen LogP contribution in [0.5, 0.6) is 5.75 Å². The highest BCUT2D eigenvalue weighted by Gasteiger charge is 2.46. The molecule has 1 unspecified atom stereocenters. The first-order chi connectivity index (χ1) is 8.33. The van der Waals surface area contributed by atoms with Gasteiger partial charge in [-0.15, -0.1) is 0 Å². The normalized spacial score (nSPS) is 21.6. The second-order valence-electron chi connectivity index (χ2n) is 4.82. The Balaban J connectivity index is 1.41. The number of hydrogen-bond acceptors (Lipinski definition) is 1. The van der Waals surface area contributed by atoms with E-state index in [0.29, 0.717) is 6.61 Å². The van der Waals surface area contributed by atoms with E-state index in [0.717, 1.165) is 24.6 Å². The Bertz CT molecular complexity index is 438. The summed E-state index contributed by atoms with van der Waals surface area (Å²) in [7, 11) is 0. The molecule has 1 aromatic rings. The molecule has 3 rings (SSSR count). The van der Waals surface area contributed by atoms with Crippen LogP contribution in [-0.2, 0) is 0 Å². The summed E-state index contributed by atoms with van der Waals surface area (Å²) in [6.07, 6.45) is 3.72. The van der Waals surface area contributed by atoms with Crippen LogP contribution in [0.2, 0.25) is 0 Å². The second-order valence-corrected chi connectivity index (χ2v) is 4.82. The van der Waals surface area contributed by atoms with Crippen molar-refractivity contribution < 1.29 is 13.7 Å². The van der Waals surface area contributed by atoms with Gasteiger partial charge < -0.3 is 4.74 Å². The van der Waals surface area contributed by atoms with E-state index < -0.39 is 0 Å². The minimum absolute atomic E-state index is 0.217. The average Bonchev–Trinajstić information content (AvgIpc) is 3.02. The SMILES string of the molecule is Fc1ccc(OCCC[N+]2=C3CC3CC2)cc1. The molecule has 90 valence electrons. The predicted molar refractivity (Wildman–Crippen MR) is 64.2 cm³/mol. The number of fused-ring (bicyclic) bond motifs is 1. The molecule has 1 atom stereocenters. The molecule has 2 aliphatic rings. The zero-order valence-electron chi connectivity index (χ0n) is 9.86. The maximum absolute atomic E-state index is 12.7. The van der Waals surface area contributed by atoms with Crippen LogP contribution in [0.15, 0.2) is 24.3 Å². The van der Waals surface area contributed by atoms with E-state index >= 15 is 0 Å². The van der Waals surface area contributed by atoms with Crippen molar-refractivity contribution in [3.8, 4) is 5.75 Å². The topological polar surface area (TPSA) is 12.2 Å². The van der Waals surface area contributed by atoms with Gasteiger partial charge in [0.15, 0.2) is 5.71 Å². The number of rotatable bonds is 5. The third-order valence-corrected chi connectivity index (χ3v) is 3.58. The molecule has 1 saturated carbocycles. The minimum atomic E-state index is -0.217. The van der Waals surface area contributed by atoms with Gasteiger partial charge in [0.25, 0.3) is 0 Å². The Kier molecular flexibility index (Phi) is 2.83. The molecule has 17 heavy (non-hydrogen) atoms. The fourth-order valence-electron chi connectivity index (χ4n) is 2.54. The molecule has 0 radical (unpaired) electrons. The molecule has 0 N–H and O–H groups in total. The Hall–Kier alpha value is -1.38. The zero-order chi connectivity index (χ0) is 11.7. The lowest BCUT2D eigenvalue weighted by atomic mass is 10.3. The van der Waals surface area contributed by atoms with Gasteiger partial charge in [0.05, 0.1) is 12.5 Å². The number of hydrogen-bond donors (Lipinski definition) is 0. The zero-order valence-corrected chi connectivity index (χ0v) is 9.86. The van der Waals surface area contributed by atoms with Crippen molar-refractivity contribution in [2.24, 2.45) is 5.92 Å². The quantitative estimate of drug-likeness (QED) is 0.563. The van der Waals surface area contributed by atoms with Crippen LogP contribution < -0.4 is 4.74 Å². The summed E-state index contributed by atoms with van der Waals surface area (Å²) in [4.78, 5) is 0. The molecule has 0 spiro atoms. The van der Waals surface area contributed by atoms with Crippen molar-refractivity contribution >= 4 is 5.71 Å². The van der Waals surface area contributed by atoms with Crippen molar-refractivity contribution in [2.75, 3.05) is 19.7 Å². The van der Waals surface area contributed by atoms with Crippen molar-refractivity contribution in [3.05, 3.63) is 30.1 Å². The molecule has 0 bridgehead atoms. The first-order valence-corrected chi connectivity index (χ1v) is 6.32. The van der Waals surface area contributed by atoms with Gasteiger partial charge in [-0.05, 0) is 24.3 Å². The lowest BCUT2D eigenvalue weighted by Crippen LogP contribution is -2.15. The summed E-state index contributed by atoms with van der Waals surface area (Å²) in [5.41, 5.74) is 1.66. The molecule has 0 aromatic heterocycles. The summed E-state index contributed by atoms with van der Waals surface area (Å²) in [5, 5.41) is 0. The van der Waals surface area contributed by atoms with Crippen LogP contribution >= 0.6 is 0 Å². The standard InChI is InChI=1S/C14H17FNO/c15-12-2-4-13(5-3-12)17-9-1-7-16-8-6-11-10-14(11)16/h2-5,11H,1,6-10H2/q+1. The number of nitrogens with zero attached hydrogens (tertiary/aromatic N) is 1. The van der Waals surface area contributed by atoms with Gasteiger partial charge in [0.1, 0.15) is 24.7 Å². The van der Waals surface area contributed by atoms with E-state index in [2.05, 4.69) is 4.58 Å². The molecule has 1 aliphatic carbocycles. The van der Waals surface area contributed by atoms with Gasteiger partial charge in [0.2, 0.25) is 0 Å². The second kappa shape index (κ2) is 4.47. The molecule has 2 nitrogen and oxygen atoms in total. The van der Waals surface area contributed by atoms with Gasteiger partial charge in [-0.3, -0.25) is 0 Å². The Morgan fingerprint density at radius 3 is 2.76 bits per heavy atom. The average molecular weight is 234 g/mol. The highest BCUT2D eigenvalue weighted by molar-refractivity contribution is 5.97. The molecule has 0 saturated heterocycles. The van der Waals surface area contributed by atoms with Crippen LogP contribution in [-0.4, -0.2) is 30.0 Å². The molecule has 1 heterocycles. The molecular weight excluding hydrogens is 217 g/mol. The Labute approximate surface area is 101 Å².